The number of anilines is 3. The molecule has 0 saturated heterocycles. The lowest BCUT2D eigenvalue weighted by atomic mass is 10.2. The first-order valence-corrected chi connectivity index (χ1v) is 6.67. The Morgan fingerprint density at radius 1 is 1.20 bits per heavy atom. The quantitative estimate of drug-likeness (QED) is 0.822. The molecule has 7 heteroatoms. The number of hydrogen-bond donors (Lipinski definition) is 1. The largest absolute Gasteiger partial charge is 0.320 e. The van der Waals surface area contributed by atoms with Gasteiger partial charge in [-0.25, -0.2) is 4.98 Å². The van der Waals surface area contributed by atoms with Crippen molar-refractivity contribution >= 4 is 46.3 Å². The predicted molar refractivity (Wildman–Crippen MR) is 78.9 cm³/mol. The summed E-state index contributed by atoms with van der Waals surface area (Å²) in [6.45, 7) is 1.94. The maximum Gasteiger partial charge on any atom is 0.244 e. The molecule has 1 N–H and O–H groups in total. The third-order valence-electron chi connectivity index (χ3n) is 3.00. The number of nitrogens with zero attached hydrogens (tertiary/aromatic N) is 3. The molecule has 0 radical (unpaired) electrons. The van der Waals surface area contributed by atoms with Gasteiger partial charge in [-0.1, -0.05) is 11.6 Å². The Hall–Kier alpha value is -1.85. The smallest absolute Gasteiger partial charge is 0.244 e. The first-order valence-electron chi connectivity index (χ1n) is 5.91. The van der Waals surface area contributed by atoms with Gasteiger partial charge in [-0.05, 0) is 42.8 Å². The molecule has 3 rings (SSSR count). The minimum Gasteiger partial charge on any atom is -0.320 e. The summed E-state index contributed by atoms with van der Waals surface area (Å²) < 4.78 is 0. The fourth-order valence-electron chi connectivity index (χ4n) is 2.10. The maximum absolute atomic E-state index is 11.8. The normalized spacial score (nSPS) is 13.9. The summed E-state index contributed by atoms with van der Waals surface area (Å²) in [6, 6.07) is 7.18. The van der Waals surface area contributed by atoms with Crippen LogP contribution in [0.5, 0.6) is 0 Å². The third kappa shape index (κ3) is 2.30. The second-order valence-electron chi connectivity index (χ2n) is 4.39. The van der Waals surface area contributed by atoms with E-state index in [4.69, 9.17) is 23.2 Å². The van der Waals surface area contributed by atoms with E-state index in [-0.39, 0.29) is 17.7 Å². The molecule has 2 heterocycles. The Morgan fingerprint density at radius 2 is 1.90 bits per heavy atom. The average Bonchev–Trinajstić information content (AvgIpc) is 2.40. The number of hydrogen-bond acceptors (Lipinski definition) is 4. The van der Waals surface area contributed by atoms with E-state index in [1.807, 2.05) is 12.1 Å². The van der Waals surface area contributed by atoms with Crippen LogP contribution in [0.1, 0.15) is 5.69 Å². The SMILES string of the molecule is Cc1nc(Cl)nc2c1NC(=O)CN2c1ccc(Cl)cc1. The molecule has 102 valence electrons. The number of amides is 1. The topological polar surface area (TPSA) is 58.1 Å². The van der Waals surface area contributed by atoms with Gasteiger partial charge in [0.15, 0.2) is 5.82 Å². The molecule has 1 amide bonds. The van der Waals surface area contributed by atoms with Crippen molar-refractivity contribution in [2.75, 3.05) is 16.8 Å². The molecule has 0 fully saturated rings. The second kappa shape index (κ2) is 4.92. The van der Waals surface area contributed by atoms with Gasteiger partial charge in [0.1, 0.15) is 12.2 Å². The third-order valence-corrected chi connectivity index (χ3v) is 3.42. The summed E-state index contributed by atoms with van der Waals surface area (Å²) in [6.07, 6.45) is 0. The number of carbonyl (C=O) groups is 1. The summed E-state index contributed by atoms with van der Waals surface area (Å²) >= 11 is 11.8. The van der Waals surface area contributed by atoms with E-state index in [0.717, 1.165) is 5.69 Å². The molecular formula is C13H10Cl2N4O. The molecule has 1 aromatic heterocycles. The Labute approximate surface area is 125 Å². The van der Waals surface area contributed by atoms with Gasteiger partial charge in [-0.3, -0.25) is 4.79 Å². The lowest BCUT2D eigenvalue weighted by molar-refractivity contribution is -0.115. The fraction of sp³-hybridized carbons (Fsp3) is 0.154. The molecule has 5 nitrogen and oxygen atoms in total. The Balaban J connectivity index is 2.14. The summed E-state index contributed by atoms with van der Waals surface area (Å²) in [4.78, 5) is 21.9. The van der Waals surface area contributed by atoms with Crippen molar-refractivity contribution in [2.24, 2.45) is 0 Å². The highest BCUT2D eigenvalue weighted by molar-refractivity contribution is 6.30. The fourth-order valence-corrected chi connectivity index (χ4v) is 2.43. The van der Waals surface area contributed by atoms with Crippen LogP contribution in [0.25, 0.3) is 0 Å². The minimum absolute atomic E-state index is 0.124. The predicted octanol–water partition coefficient (Wildman–Crippen LogP) is 3.18. The van der Waals surface area contributed by atoms with Crippen LogP contribution < -0.4 is 10.2 Å². The molecule has 0 bridgehead atoms. The molecule has 0 saturated carbocycles. The monoisotopic (exact) mass is 308 g/mol. The number of halogens is 2. The van der Waals surface area contributed by atoms with Gasteiger partial charge < -0.3 is 10.2 Å². The Morgan fingerprint density at radius 3 is 2.60 bits per heavy atom. The number of aromatic nitrogens is 2. The highest BCUT2D eigenvalue weighted by Crippen LogP contribution is 2.35. The highest BCUT2D eigenvalue weighted by atomic mass is 35.5. The van der Waals surface area contributed by atoms with Crippen molar-refractivity contribution in [3.05, 3.63) is 40.3 Å². The van der Waals surface area contributed by atoms with Gasteiger partial charge in [0, 0.05) is 10.7 Å². The highest BCUT2D eigenvalue weighted by Gasteiger charge is 2.27. The van der Waals surface area contributed by atoms with Crippen molar-refractivity contribution in [3.8, 4) is 0 Å². The molecule has 0 unspecified atom stereocenters. The van der Waals surface area contributed by atoms with Gasteiger partial charge in [-0.15, -0.1) is 0 Å². The van der Waals surface area contributed by atoms with Crippen molar-refractivity contribution in [3.63, 3.8) is 0 Å². The molecule has 1 aliphatic heterocycles. The van der Waals surface area contributed by atoms with Crippen LogP contribution in [0, 0.1) is 6.92 Å². The summed E-state index contributed by atoms with van der Waals surface area (Å²) in [7, 11) is 0. The summed E-state index contributed by atoms with van der Waals surface area (Å²) in [5.74, 6) is 0.464. The number of rotatable bonds is 1. The van der Waals surface area contributed by atoms with Gasteiger partial charge in [0.2, 0.25) is 11.2 Å². The number of carbonyl (C=O) groups excluding carboxylic acids is 1. The molecule has 0 atom stereocenters. The van der Waals surface area contributed by atoms with Crippen molar-refractivity contribution in [1.82, 2.24) is 9.97 Å². The van der Waals surface area contributed by atoms with Gasteiger partial charge in [0.05, 0.1) is 5.69 Å². The lowest BCUT2D eigenvalue weighted by Crippen LogP contribution is -2.36. The van der Waals surface area contributed by atoms with Crippen LogP contribution in [0.15, 0.2) is 24.3 Å². The average molecular weight is 309 g/mol. The van der Waals surface area contributed by atoms with Crippen LogP contribution in [0.4, 0.5) is 17.2 Å². The summed E-state index contributed by atoms with van der Waals surface area (Å²) in [5.41, 5.74) is 2.03. The zero-order valence-electron chi connectivity index (χ0n) is 10.5. The van der Waals surface area contributed by atoms with Crippen LogP contribution in [0.3, 0.4) is 0 Å². The van der Waals surface area contributed by atoms with E-state index in [2.05, 4.69) is 15.3 Å². The minimum atomic E-state index is -0.124. The van der Waals surface area contributed by atoms with Gasteiger partial charge >= 0.3 is 0 Å². The zero-order chi connectivity index (χ0) is 14.3. The number of nitrogens with one attached hydrogen (secondary N) is 1. The molecule has 1 aromatic carbocycles. The molecule has 1 aliphatic rings. The van der Waals surface area contributed by atoms with Crippen molar-refractivity contribution in [2.45, 2.75) is 6.92 Å². The molecule has 0 aliphatic carbocycles. The molecule has 20 heavy (non-hydrogen) atoms. The van der Waals surface area contributed by atoms with Crippen LogP contribution in [0.2, 0.25) is 10.3 Å². The van der Waals surface area contributed by atoms with E-state index in [1.165, 1.54) is 0 Å². The van der Waals surface area contributed by atoms with E-state index >= 15 is 0 Å². The van der Waals surface area contributed by atoms with E-state index in [1.54, 1.807) is 24.0 Å². The second-order valence-corrected chi connectivity index (χ2v) is 5.16. The zero-order valence-corrected chi connectivity index (χ0v) is 12.0. The van der Waals surface area contributed by atoms with E-state index < -0.39 is 0 Å². The first-order chi connectivity index (χ1) is 9.54. The lowest BCUT2D eigenvalue weighted by Gasteiger charge is -2.30. The Bertz CT molecular complexity index is 688. The molecule has 2 aromatic rings. The Kier molecular flexibility index (Phi) is 3.23. The van der Waals surface area contributed by atoms with Gasteiger partial charge in [0.25, 0.3) is 0 Å². The first kappa shape index (κ1) is 13.1. The molecular weight excluding hydrogens is 299 g/mol. The van der Waals surface area contributed by atoms with Crippen LogP contribution >= 0.6 is 23.2 Å². The van der Waals surface area contributed by atoms with Crippen molar-refractivity contribution < 1.29 is 4.79 Å². The van der Waals surface area contributed by atoms with Crippen molar-refractivity contribution in [1.29, 1.82) is 0 Å². The number of benzene rings is 1. The molecule has 0 spiro atoms. The van der Waals surface area contributed by atoms with Crippen LogP contribution in [-0.2, 0) is 4.79 Å². The number of aryl methyl sites for hydroxylation is 1. The van der Waals surface area contributed by atoms with Gasteiger partial charge in [-0.2, -0.15) is 4.98 Å². The number of fused-ring (bicyclic) bond motifs is 1. The van der Waals surface area contributed by atoms with E-state index in [0.29, 0.717) is 22.2 Å². The standard InChI is InChI=1S/C13H10Cl2N4O/c1-7-11-12(18-13(15)16-7)19(6-10(20)17-11)9-4-2-8(14)3-5-9/h2-5H,6H2,1H3,(H,17,20). The van der Waals surface area contributed by atoms with Crippen LogP contribution in [-0.4, -0.2) is 22.4 Å². The maximum atomic E-state index is 11.8. The summed E-state index contributed by atoms with van der Waals surface area (Å²) in [5, 5.41) is 3.56. The van der Waals surface area contributed by atoms with E-state index in [9.17, 15) is 4.79 Å².